The molecule has 4 N–H and O–H groups in total. The van der Waals surface area contributed by atoms with Gasteiger partial charge in [0.05, 0.1) is 0 Å². The molecule has 0 unspecified atom stereocenters. The van der Waals surface area contributed by atoms with Crippen molar-refractivity contribution in [3.63, 3.8) is 0 Å². The summed E-state index contributed by atoms with van der Waals surface area (Å²) in [4.78, 5) is 22.2. The zero-order chi connectivity index (χ0) is 26.0. The van der Waals surface area contributed by atoms with E-state index in [1.54, 1.807) is 12.1 Å². The average Bonchev–Trinajstić information content (AvgIpc) is 3.33. The van der Waals surface area contributed by atoms with Crippen LogP contribution in [-0.2, 0) is 27.8 Å². The van der Waals surface area contributed by atoms with Crippen LogP contribution >= 0.6 is 0 Å². The fourth-order valence-electron chi connectivity index (χ4n) is 5.29. The van der Waals surface area contributed by atoms with Gasteiger partial charge in [0.1, 0.15) is 11.2 Å². The van der Waals surface area contributed by atoms with E-state index in [1.165, 1.54) is 12.1 Å². The summed E-state index contributed by atoms with van der Waals surface area (Å²) in [6.45, 7) is 1.92. The van der Waals surface area contributed by atoms with Gasteiger partial charge in [-0.3, -0.25) is 9.59 Å². The lowest BCUT2D eigenvalue weighted by Crippen LogP contribution is -2.37. The molecular weight excluding hydrogens is 473 g/mol. The van der Waals surface area contributed by atoms with Crippen LogP contribution in [0.2, 0.25) is 0 Å². The Morgan fingerprint density at radius 3 is 2.03 bits per heavy atom. The second-order valence-electron chi connectivity index (χ2n) is 9.27. The molecule has 4 aromatic rings. The summed E-state index contributed by atoms with van der Waals surface area (Å²) in [5.41, 5.74) is 11.4. The maximum atomic E-state index is 13.5. The smallest absolute Gasteiger partial charge is 0.247 e. The minimum Gasteiger partial charge on any atom is -0.419 e. The number of fused-ring (bicyclic) bond motifs is 2. The molecule has 3 aromatic carbocycles. The molecule has 1 aliphatic rings. The highest BCUT2D eigenvalue weighted by Gasteiger charge is 2.46. The third kappa shape index (κ3) is 4.49. The fourth-order valence-corrected chi connectivity index (χ4v) is 5.29. The van der Waals surface area contributed by atoms with Gasteiger partial charge in [-0.2, -0.15) is 0 Å². The van der Waals surface area contributed by atoms with Crippen LogP contribution in [0.25, 0.3) is 11.5 Å². The van der Waals surface area contributed by atoms with Gasteiger partial charge in [-0.15, -0.1) is 10.2 Å². The van der Waals surface area contributed by atoms with E-state index in [4.69, 9.17) is 10.2 Å². The van der Waals surface area contributed by atoms with Crippen molar-refractivity contribution < 1.29 is 18.4 Å². The van der Waals surface area contributed by atoms with Gasteiger partial charge in [-0.25, -0.2) is 4.39 Å². The van der Waals surface area contributed by atoms with Crippen LogP contribution in [0.1, 0.15) is 41.5 Å². The maximum absolute atomic E-state index is 13.5. The summed E-state index contributed by atoms with van der Waals surface area (Å²) >= 11 is 0. The van der Waals surface area contributed by atoms with Crippen molar-refractivity contribution in [3.05, 3.63) is 94.6 Å². The van der Waals surface area contributed by atoms with Crippen molar-refractivity contribution in [1.29, 1.82) is 0 Å². The zero-order valence-electron chi connectivity index (χ0n) is 20.2. The normalized spacial score (nSPS) is 14.6. The highest BCUT2D eigenvalue weighted by atomic mass is 19.1. The molecule has 0 spiro atoms. The number of carbonyl (C=O) groups is 2. The Labute approximate surface area is 213 Å². The molecule has 1 atom stereocenters. The van der Waals surface area contributed by atoms with Crippen LogP contribution < -0.4 is 16.4 Å². The number of carbonyl (C=O) groups excluding carboxylic acids is 2. The third-order valence-corrected chi connectivity index (χ3v) is 6.75. The molecule has 1 heterocycles. The number of amides is 2. The predicted octanol–water partition coefficient (Wildman–Crippen LogP) is 4.18. The van der Waals surface area contributed by atoms with Gasteiger partial charge in [0.2, 0.25) is 24.6 Å². The molecule has 0 fully saturated rings. The first-order chi connectivity index (χ1) is 17.9. The van der Waals surface area contributed by atoms with E-state index < -0.39 is 5.41 Å². The maximum Gasteiger partial charge on any atom is 0.247 e. The van der Waals surface area contributed by atoms with Crippen LogP contribution in [-0.4, -0.2) is 29.1 Å². The molecule has 0 radical (unpaired) electrons. The molecule has 5 rings (SSSR count). The minimum atomic E-state index is -0.903. The number of aromatic nitrogens is 2. The molecule has 8 nitrogen and oxygen atoms in total. The summed E-state index contributed by atoms with van der Waals surface area (Å²) in [7, 11) is 0. The van der Waals surface area contributed by atoms with Crippen molar-refractivity contribution in [2.24, 2.45) is 5.73 Å². The summed E-state index contributed by atoms with van der Waals surface area (Å²) in [6, 6.07) is 17.1. The van der Waals surface area contributed by atoms with E-state index in [0.717, 1.165) is 22.3 Å². The number of hydrogen-bond donors (Lipinski definition) is 3. The lowest BCUT2D eigenvalue weighted by molar-refractivity contribution is -0.106. The number of halogens is 1. The average molecular weight is 500 g/mol. The summed E-state index contributed by atoms with van der Waals surface area (Å²) in [5.74, 6) is 0.272. The van der Waals surface area contributed by atoms with Crippen molar-refractivity contribution in [2.75, 3.05) is 10.6 Å². The molecule has 0 bridgehead atoms. The van der Waals surface area contributed by atoms with Crippen LogP contribution in [0.15, 0.2) is 65.1 Å². The molecule has 0 aliphatic heterocycles. The second kappa shape index (κ2) is 9.94. The molecule has 1 aromatic heterocycles. The van der Waals surface area contributed by atoms with Crippen molar-refractivity contribution >= 4 is 24.2 Å². The van der Waals surface area contributed by atoms with Gasteiger partial charge >= 0.3 is 0 Å². The van der Waals surface area contributed by atoms with Crippen LogP contribution in [0.5, 0.6) is 0 Å². The quantitative estimate of drug-likeness (QED) is 0.313. The molecule has 0 saturated heterocycles. The summed E-state index contributed by atoms with van der Waals surface area (Å²) < 4.78 is 19.9. The topological polar surface area (TPSA) is 123 Å². The highest BCUT2D eigenvalue weighted by molar-refractivity contribution is 5.74. The van der Waals surface area contributed by atoms with E-state index in [0.29, 0.717) is 54.9 Å². The predicted molar refractivity (Wildman–Crippen MR) is 138 cm³/mol. The molecule has 2 amide bonds. The van der Waals surface area contributed by atoms with Crippen LogP contribution in [0.4, 0.5) is 15.8 Å². The third-order valence-electron chi connectivity index (χ3n) is 6.75. The Balaban J connectivity index is 1.77. The van der Waals surface area contributed by atoms with Crippen molar-refractivity contribution in [2.45, 2.75) is 37.6 Å². The number of anilines is 2. The van der Waals surface area contributed by atoms with Gasteiger partial charge < -0.3 is 20.8 Å². The Hall–Kier alpha value is -4.37. The molecule has 188 valence electrons. The molecule has 9 heteroatoms. The number of rotatable bonds is 8. The lowest BCUT2D eigenvalue weighted by Gasteiger charge is -2.35. The van der Waals surface area contributed by atoms with E-state index >= 15 is 0 Å². The largest absolute Gasteiger partial charge is 0.419 e. The van der Waals surface area contributed by atoms with E-state index in [2.05, 4.69) is 20.8 Å². The first-order valence-electron chi connectivity index (χ1n) is 12.0. The first kappa shape index (κ1) is 24.3. The van der Waals surface area contributed by atoms with Crippen molar-refractivity contribution in [1.82, 2.24) is 10.2 Å². The van der Waals surface area contributed by atoms with Crippen molar-refractivity contribution in [3.8, 4) is 11.5 Å². The first-order valence-corrected chi connectivity index (χ1v) is 12.0. The number of benzene rings is 3. The van der Waals surface area contributed by atoms with Gasteiger partial charge in [-0.1, -0.05) is 12.1 Å². The summed E-state index contributed by atoms with van der Waals surface area (Å²) in [5, 5.41) is 14.3. The van der Waals surface area contributed by atoms with Gasteiger partial charge in [0.15, 0.2) is 0 Å². The molecular formula is C28H26FN5O3. The van der Waals surface area contributed by atoms with E-state index in [1.807, 2.05) is 43.3 Å². The van der Waals surface area contributed by atoms with Gasteiger partial charge in [0.25, 0.3) is 0 Å². The molecule has 37 heavy (non-hydrogen) atoms. The number of hydrogen-bond acceptors (Lipinski definition) is 6. The number of nitrogens with two attached hydrogens (primary N) is 1. The number of nitrogens with zero attached hydrogens (tertiary/aromatic N) is 2. The number of aryl methyl sites for hydroxylation is 2. The Morgan fingerprint density at radius 1 is 0.946 bits per heavy atom. The Morgan fingerprint density at radius 2 is 1.51 bits per heavy atom. The van der Waals surface area contributed by atoms with E-state index in [9.17, 15) is 14.0 Å². The monoisotopic (exact) mass is 499 g/mol. The highest BCUT2D eigenvalue weighted by Crippen LogP contribution is 2.48. The fraction of sp³-hybridized carbons (Fsp3) is 0.214. The zero-order valence-corrected chi connectivity index (χ0v) is 20.2. The molecule has 1 aliphatic carbocycles. The lowest BCUT2D eigenvalue weighted by atomic mass is 9.68. The van der Waals surface area contributed by atoms with Gasteiger partial charge in [-0.05, 0) is 97.0 Å². The number of nitrogens with one attached hydrogen (secondary N) is 2. The molecule has 0 saturated carbocycles. The van der Waals surface area contributed by atoms with Gasteiger partial charge in [0, 0.05) is 23.0 Å². The van der Waals surface area contributed by atoms with Crippen LogP contribution in [0.3, 0.4) is 0 Å². The SMILES string of the molecule is C[C@H](N)CC1(c2nnc(-c3ccc(F)cc3)o2)c2ccc(NC=O)cc2CCc2cc(NC=O)ccc21. The van der Waals surface area contributed by atoms with Crippen LogP contribution in [0, 0.1) is 5.82 Å². The Kier molecular flexibility index (Phi) is 6.54. The minimum absolute atomic E-state index is 0.250. The Bertz CT molecular complexity index is 1390. The summed E-state index contributed by atoms with van der Waals surface area (Å²) in [6.07, 6.45) is 3.11. The second-order valence-corrected chi connectivity index (χ2v) is 9.27. The van der Waals surface area contributed by atoms with E-state index in [-0.39, 0.29) is 17.7 Å². The standard InChI is InChI=1S/C28H26FN5O3/c1-17(30)14-28(27-34-33-26(37-27)18-4-6-21(29)7-5-18)24-10-8-22(31-15-35)12-19(24)2-3-20-13-23(32-16-36)9-11-25(20)28/h4-13,15-17H,2-3,14,30H2,1H3,(H,31,35)(H,32,36)/t17-/m0/s1.